The Labute approximate surface area is 505 Å². The molecule has 10 rings (SSSR count). The van der Waals surface area contributed by atoms with Gasteiger partial charge in [-0.05, 0) is 202 Å². The predicted octanol–water partition coefficient (Wildman–Crippen LogP) is 17.8. The van der Waals surface area contributed by atoms with E-state index in [2.05, 4.69) is 81.4 Å². The van der Waals surface area contributed by atoms with Gasteiger partial charge in [-0.1, -0.05) is 138 Å². The fraction of sp³-hybridized carbons (Fsp3) is 0.849. The molecule has 8 aliphatic carbocycles. The van der Waals surface area contributed by atoms with Crippen LogP contribution < -0.4 is 0 Å². The highest BCUT2D eigenvalue weighted by molar-refractivity contribution is 5.83. The van der Waals surface area contributed by atoms with Crippen LogP contribution in [-0.2, 0) is 42.8 Å². The average molecular weight is 1160 g/mol. The van der Waals surface area contributed by atoms with E-state index in [0.717, 1.165) is 103 Å². The molecule has 0 spiro atoms. The van der Waals surface area contributed by atoms with Crippen molar-refractivity contribution in [2.24, 2.45) is 92.7 Å². The topological polar surface area (TPSA) is 127 Å². The molecule has 17 atom stereocenters. The van der Waals surface area contributed by atoms with E-state index < -0.39 is 23.6 Å². The van der Waals surface area contributed by atoms with Gasteiger partial charge in [-0.25, -0.2) is 9.59 Å². The van der Waals surface area contributed by atoms with Crippen LogP contribution in [0.5, 0.6) is 0 Å². The lowest BCUT2D eigenvalue weighted by Gasteiger charge is -2.58. The Bertz CT molecular complexity index is 2320. The van der Waals surface area contributed by atoms with Gasteiger partial charge in [-0.3, -0.25) is 0 Å². The highest BCUT2D eigenvalue weighted by Gasteiger charge is 2.61. The van der Waals surface area contributed by atoms with Crippen LogP contribution in [0, 0.1) is 92.7 Å². The quantitative estimate of drug-likeness (QED) is 0.0805. The summed E-state index contributed by atoms with van der Waals surface area (Å²) >= 11 is 0. The van der Waals surface area contributed by atoms with E-state index >= 15 is 0 Å². The van der Waals surface area contributed by atoms with Gasteiger partial charge in [-0.15, -0.1) is 0 Å². The summed E-state index contributed by atoms with van der Waals surface area (Å²) in [5.41, 5.74) is 5.07. The molecule has 0 bridgehead atoms. The zero-order valence-electron chi connectivity index (χ0n) is 54.3. The molecule has 6 fully saturated rings. The van der Waals surface area contributed by atoms with Gasteiger partial charge in [0.2, 0.25) is 11.6 Å². The Kier molecular flexibility index (Phi) is 22.5. The Balaban J connectivity index is 0.000000207. The highest BCUT2D eigenvalue weighted by Crippen LogP contribution is 2.69. The first-order valence-corrected chi connectivity index (χ1v) is 33.6. The molecule has 2 heterocycles. The van der Waals surface area contributed by atoms with Crippen molar-refractivity contribution in [2.45, 2.75) is 289 Å². The molecule has 0 saturated heterocycles. The molecule has 0 aromatic rings. The third kappa shape index (κ3) is 15.5. The van der Waals surface area contributed by atoms with E-state index in [1.807, 2.05) is 0 Å². The largest absolute Gasteiger partial charge is 0.457 e. The molecule has 1 N–H and O–H groups in total. The lowest BCUT2D eigenvalue weighted by molar-refractivity contribution is -0.207. The van der Waals surface area contributed by atoms with Crippen LogP contribution in [0.4, 0.5) is 0 Å². The second kappa shape index (κ2) is 27.6. The number of carbonyl (C=O) groups is 3. The van der Waals surface area contributed by atoms with Crippen molar-refractivity contribution in [2.75, 3.05) is 13.2 Å². The van der Waals surface area contributed by atoms with E-state index in [4.69, 9.17) is 28.4 Å². The second-order valence-corrected chi connectivity index (χ2v) is 31.2. The minimum atomic E-state index is -0.997. The summed E-state index contributed by atoms with van der Waals surface area (Å²) < 4.78 is 32.9. The van der Waals surface area contributed by atoms with Gasteiger partial charge < -0.3 is 38.3 Å². The maximum Gasteiger partial charge on any atom is 0.337 e. The Morgan fingerprint density at radius 1 is 0.578 bits per heavy atom. The fourth-order valence-corrected chi connectivity index (χ4v) is 20.0. The molecule has 10 aliphatic rings. The first kappa shape index (κ1) is 67.6. The normalized spacial score (nSPS) is 38.3. The van der Waals surface area contributed by atoms with E-state index in [9.17, 15) is 19.5 Å². The first-order chi connectivity index (χ1) is 38.6. The molecule has 0 aromatic heterocycles. The monoisotopic (exact) mass is 1160 g/mol. The van der Waals surface area contributed by atoms with Crippen molar-refractivity contribution in [3.63, 3.8) is 0 Å². The van der Waals surface area contributed by atoms with Crippen LogP contribution in [0.15, 0.2) is 47.0 Å². The molecule has 7 unspecified atom stereocenters. The predicted molar refractivity (Wildman–Crippen MR) is 333 cm³/mol. The highest BCUT2D eigenvalue weighted by atomic mass is 16.7. The molecular formula is C73H120O10. The van der Waals surface area contributed by atoms with Crippen molar-refractivity contribution >= 4 is 18.2 Å². The van der Waals surface area contributed by atoms with E-state index in [0.29, 0.717) is 33.2 Å². The molecule has 10 nitrogen and oxygen atoms in total. The Hall–Kier alpha value is -2.95. The molecule has 472 valence electrons. The molecule has 83 heavy (non-hydrogen) atoms. The summed E-state index contributed by atoms with van der Waals surface area (Å²) in [6.45, 7) is 34.2. The molecule has 10 heteroatoms. The number of aliphatic hydroxyl groups is 1. The van der Waals surface area contributed by atoms with Crippen molar-refractivity contribution in [3.05, 3.63) is 47.0 Å². The van der Waals surface area contributed by atoms with Gasteiger partial charge in [0.15, 0.2) is 0 Å². The smallest absolute Gasteiger partial charge is 0.337 e. The third-order valence-electron chi connectivity index (χ3n) is 24.0. The fourth-order valence-electron chi connectivity index (χ4n) is 20.0. The summed E-state index contributed by atoms with van der Waals surface area (Å²) in [6.07, 6.45) is 37.9. The zero-order valence-corrected chi connectivity index (χ0v) is 54.3. The van der Waals surface area contributed by atoms with Crippen LogP contribution in [0.25, 0.3) is 0 Å². The van der Waals surface area contributed by atoms with Gasteiger partial charge in [-0.2, -0.15) is 0 Å². The lowest BCUT2D eigenvalue weighted by atomic mass is 9.47. The number of aliphatic hydroxyl groups excluding tert-OH is 1. The molecule has 0 aromatic carbocycles. The molecule has 0 radical (unpaired) electrons. The van der Waals surface area contributed by atoms with Crippen molar-refractivity contribution in [1.29, 1.82) is 0 Å². The summed E-state index contributed by atoms with van der Waals surface area (Å²) in [4.78, 5) is 33.3. The standard InChI is InChI=1S/C36H58O5.C29H48O2.C7H10O3.CH4/c1-23(2)9-8-10-24(3)30-13-14-31-29-12-11-25-19-27(15-17-35(25,6)32(29)16-18-36(30,31)7)39-22-26(37)20-28-21-33(38)41-34(4,5)40-28;1-20(2)7-6-8-21(3)25-11-12-26-24-10-9-22-19-23(31-18-17-30)13-15-28(22,4)27(24)14-16-29(25,26)5;1-5-4-6(8)10-7(2,3)9-5;/h11,21,23-24,26-27,29-32,37H,8-10,12-20,22H2,1-7H3;9,17,20-21,23-27H,6-8,10-16,18-19H2,1-5H3;4H,1-3H3;1H4/t24-,26?,27+,29?,30-,31?,32?,35+,36-;21-,23+,24?,25-,26?,27?,28+,29-;;/m11../s1. The minimum Gasteiger partial charge on any atom is -0.457 e. The first-order valence-electron chi connectivity index (χ1n) is 33.6. The summed E-state index contributed by atoms with van der Waals surface area (Å²) in [5, 5.41) is 10.7. The Morgan fingerprint density at radius 3 is 1.47 bits per heavy atom. The lowest BCUT2D eigenvalue weighted by Crippen LogP contribution is -2.51. The van der Waals surface area contributed by atoms with Crippen LogP contribution in [0.1, 0.15) is 259 Å². The van der Waals surface area contributed by atoms with Gasteiger partial charge >= 0.3 is 11.9 Å². The average Bonchev–Trinajstić information content (AvgIpc) is 1.89. The number of cyclic esters (lactones) is 2. The van der Waals surface area contributed by atoms with Gasteiger partial charge in [0, 0.05) is 34.1 Å². The number of fused-ring (bicyclic) bond motifs is 10. The van der Waals surface area contributed by atoms with Gasteiger partial charge in [0.05, 0.1) is 37.1 Å². The molecule has 2 aliphatic heterocycles. The second-order valence-electron chi connectivity index (χ2n) is 31.2. The molecule has 6 saturated carbocycles. The minimum absolute atomic E-state index is 0. The SMILES string of the molecule is C.CC(C)CCC[C@@H](C)[C@H]1CCC2C3CC=C4C[C@@H](OCC(O)CC5=CC(=O)OC(C)(C)O5)CC[C@]4(C)C3CC[C@@]21C.CC(C)CCC[C@@H](C)[C@H]1CCC2C3CC=C4C[C@@H](OCC=O)CC[C@]4(C)C3CC[C@@]21C.CC1=CC(=O)OC(C)(C)O1. The molecular weight excluding hydrogens is 1040 g/mol. The maximum atomic E-state index is 11.8. The van der Waals surface area contributed by atoms with Crippen LogP contribution in [0.3, 0.4) is 0 Å². The van der Waals surface area contributed by atoms with Crippen molar-refractivity contribution in [3.8, 4) is 0 Å². The van der Waals surface area contributed by atoms with Gasteiger partial charge in [0.1, 0.15) is 24.4 Å². The number of esters is 2. The van der Waals surface area contributed by atoms with Crippen LogP contribution in [0.2, 0.25) is 0 Å². The number of hydrogen-bond donors (Lipinski definition) is 1. The van der Waals surface area contributed by atoms with Crippen molar-refractivity contribution < 1.29 is 47.9 Å². The van der Waals surface area contributed by atoms with E-state index in [1.54, 1.807) is 45.8 Å². The number of ether oxygens (including phenoxy) is 6. The van der Waals surface area contributed by atoms with E-state index in [1.165, 1.54) is 128 Å². The number of hydrogen-bond acceptors (Lipinski definition) is 10. The number of aldehydes is 1. The molecule has 0 amide bonds. The summed E-state index contributed by atoms with van der Waals surface area (Å²) in [5.74, 6) is 8.99. The Morgan fingerprint density at radius 2 is 1.04 bits per heavy atom. The van der Waals surface area contributed by atoms with Gasteiger partial charge in [0.25, 0.3) is 0 Å². The summed E-state index contributed by atoms with van der Waals surface area (Å²) in [7, 11) is 0. The van der Waals surface area contributed by atoms with Crippen molar-refractivity contribution in [1.82, 2.24) is 0 Å². The number of carbonyl (C=O) groups excluding carboxylic acids is 3. The number of allylic oxidation sites excluding steroid dienone is 3. The summed E-state index contributed by atoms with van der Waals surface area (Å²) in [6, 6.07) is 0. The van der Waals surface area contributed by atoms with Crippen LogP contribution in [-0.4, -0.2) is 66.4 Å². The maximum absolute atomic E-state index is 11.8. The number of rotatable bonds is 18. The van der Waals surface area contributed by atoms with E-state index in [-0.39, 0.29) is 45.2 Å². The third-order valence-corrected chi connectivity index (χ3v) is 24.0. The zero-order chi connectivity index (χ0) is 59.6. The van der Waals surface area contributed by atoms with Crippen LogP contribution >= 0.6 is 0 Å².